The minimum absolute atomic E-state index is 0.0234. The molecule has 0 spiro atoms. The number of rotatable bonds is 1. The first-order valence-corrected chi connectivity index (χ1v) is 4.52. The summed E-state index contributed by atoms with van der Waals surface area (Å²) in [6.07, 6.45) is 1.74. The Labute approximate surface area is 82.2 Å². The average molecular weight is 185 g/mol. The SMILES string of the molecule is Cc1cc(-c2ccccc2)c[nH]c1=O. The van der Waals surface area contributed by atoms with Crippen LogP contribution >= 0.6 is 0 Å². The number of pyridine rings is 1. The van der Waals surface area contributed by atoms with Crippen LogP contribution < -0.4 is 5.56 Å². The second-order valence-corrected chi connectivity index (χ2v) is 3.27. The molecule has 14 heavy (non-hydrogen) atoms. The molecule has 0 aliphatic heterocycles. The maximum Gasteiger partial charge on any atom is 0.250 e. The summed E-state index contributed by atoms with van der Waals surface area (Å²) in [5.41, 5.74) is 2.88. The highest BCUT2D eigenvalue weighted by molar-refractivity contribution is 5.62. The Bertz CT molecular complexity index is 485. The molecule has 0 bridgehead atoms. The Morgan fingerprint density at radius 1 is 1.07 bits per heavy atom. The van der Waals surface area contributed by atoms with Crippen molar-refractivity contribution in [2.45, 2.75) is 6.92 Å². The Hall–Kier alpha value is -1.83. The topological polar surface area (TPSA) is 32.9 Å². The second-order valence-electron chi connectivity index (χ2n) is 3.27. The van der Waals surface area contributed by atoms with Gasteiger partial charge in [-0.3, -0.25) is 4.79 Å². The molecule has 0 aliphatic rings. The van der Waals surface area contributed by atoms with E-state index in [2.05, 4.69) is 4.98 Å². The van der Waals surface area contributed by atoms with E-state index < -0.39 is 0 Å². The molecule has 0 amide bonds. The van der Waals surface area contributed by atoms with Gasteiger partial charge in [-0.2, -0.15) is 0 Å². The number of H-pyrrole nitrogens is 1. The molecule has 2 rings (SSSR count). The van der Waals surface area contributed by atoms with Gasteiger partial charge in [0.1, 0.15) is 0 Å². The lowest BCUT2D eigenvalue weighted by Gasteiger charge is -2.01. The second kappa shape index (κ2) is 3.50. The molecule has 0 aliphatic carbocycles. The van der Waals surface area contributed by atoms with Crippen LogP contribution in [0.25, 0.3) is 11.1 Å². The maximum atomic E-state index is 11.1. The fourth-order valence-electron chi connectivity index (χ4n) is 1.39. The monoisotopic (exact) mass is 185 g/mol. The molecule has 0 fully saturated rings. The van der Waals surface area contributed by atoms with Crippen LogP contribution in [0.5, 0.6) is 0 Å². The van der Waals surface area contributed by atoms with Gasteiger partial charge in [-0.25, -0.2) is 0 Å². The number of aromatic amines is 1. The number of aryl methyl sites for hydroxylation is 1. The molecule has 70 valence electrons. The van der Waals surface area contributed by atoms with Crippen molar-refractivity contribution >= 4 is 0 Å². The first-order valence-electron chi connectivity index (χ1n) is 4.52. The van der Waals surface area contributed by atoms with Crippen LogP contribution in [0.15, 0.2) is 47.4 Å². The van der Waals surface area contributed by atoms with Gasteiger partial charge in [-0.05, 0) is 24.1 Å². The standard InChI is InChI=1S/C12H11NO/c1-9-7-11(8-13-12(9)14)10-5-3-2-4-6-10/h2-8H,1H3,(H,13,14). The zero-order chi connectivity index (χ0) is 9.97. The molecule has 2 nitrogen and oxygen atoms in total. The first kappa shape index (κ1) is 8.75. The molecular weight excluding hydrogens is 174 g/mol. The van der Waals surface area contributed by atoms with Gasteiger partial charge in [0.2, 0.25) is 0 Å². The summed E-state index contributed by atoms with van der Waals surface area (Å²) < 4.78 is 0. The number of aromatic nitrogens is 1. The highest BCUT2D eigenvalue weighted by Gasteiger charge is 1.98. The molecule has 0 unspecified atom stereocenters. The van der Waals surface area contributed by atoms with Crippen LogP contribution in [-0.2, 0) is 0 Å². The van der Waals surface area contributed by atoms with Gasteiger partial charge in [0.25, 0.3) is 5.56 Å². The minimum Gasteiger partial charge on any atom is -0.328 e. The largest absolute Gasteiger partial charge is 0.328 e. The van der Waals surface area contributed by atoms with Gasteiger partial charge in [-0.1, -0.05) is 30.3 Å². The summed E-state index contributed by atoms with van der Waals surface area (Å²) in [6.45, 7) is 1.81. The molecule has 0 saturated carbocycles. The summed E-state index contributed by atoms with van der Waals surface area (Å²) in [4.78, 5) is 13.9. The van der Waals surface area contributed by atoms with Crippen molar-refractivity contribution in [3.63, 3.8) is 0 Å². The van der Waals surface area contributed by atoms with Crippen molar-refractivity contribution in [2.75, 3.05) is 0 Å². The molecule has 0 saturated heterocycles. The molecule has 2 heteroatoms. The van der Waals surface area contributed by atoms with E-state index in [9.17, 15) is 4.79 Å². The van der Waals surface area contributed by atoms with Crippen LogP contribution in [0.3, 0.4) is 0 Å². The van der Waals surface area contributed by atoms with Gasteiger partial charge >= 0.3 is 0 Å². The highest BCUT2D eigenvalue weighted by atomic mass is 16.1. The van der Waals surface area contributed by atoms with Gasteiger partial charge in [-0.15, -0.1) is 0 Å². The number of hydrogen-bond acceptors (Lipinski definition) is 1. The molecule has 1 heterocycles. The van der Waals surface area contributed by atoms with Gasteiger partial charge in [0.15, 0.2) is 0 Å². The summed E-state index contributed by atoms with van der Waals surface area (Å²) >= 11 is 0. The van der Waals surface area contributed by atoms with E-state index in [1.165, 1.54) is 0 Å². The van der Waals surface area contributed by atoms with Gasteiger partial charge in [0, 0.05) is 11.8 Å². The first-order chi connectivity index (χ1) is 6.77. The predicted molar refractivity (Wildman–Crippen MR) is 57.2 cm³/mol. The molecule has 2 aromatic rings. The maximum absolute atomic E-state index is 11.1. The molecule has 1 aromatic carbocycles. The summed E-state index contributed by atoms with van der Waals surface area (Å²) in [5, 5.41) is 0. The van der Waals surface area contributed by atoms with Crippen LogP contribution in [-0.4, -0.2) is 4.98 Å². The number of hydrogen-bond donors (Lipinski definition) is 1. The van der Waals surface area contributed by atoms with Crippen LogP contribution in [0.4, 0.5) is 0 Å². The summed E-state index contributed by atoms with van der Waals surface area (Å²) in [5.74, 6) is 0. The zero-order valence-corrected chi connectivity index (χ0v) is 7.95. The van der Waals surface area contributed by atoms with E-state index >= 15 is 0 Å². The lowest BCUT2D eigenvalue weighted by molar-refractivity contribution is 1.18. The van der Waals surface area contributed by atoms with E-state index in [0.717, 1.165) is 16.7 Å². The molecular formula is C12H11NO. The third-order valence-electron chi connectivity index (χ3n) is 2.20. The fourth-order valence-corrected chi connectivity index (χ4v) is 1.39. The summed E-state index contributed by atoms with van der Waals surface area (Å²) in [6, 6.07) is 11.9. The molecule has 1 aromatic heterocycles. The van der Waals surface area contributed by atoms with Crippen molar-refractivity contribution < 1.29 is 0 Å². The third kappa shape index (κ3) is 1.59. The third-order valence-corrected chi connectivity index (χ3v) is 2.20. The fraction of sp³-hybridized carbons (Fsp3) is 0.0833. The minimum atomic E-state index is -0.0234. The molecule has 0 radical (unpaired) electrons. The van der Waals surface area contributed by atoms with Gasteiger partial charge in [0.05, 0.1) is 0 Å². The smallest absolute Gasteiger partial charge is 0.250 e. The predicted octanol–water partition coefficient (Wildman–Crippen LogP) is 2.35. The zero-order valence-electron chi connectivity index (χ0n) is 7.95. The highest BCUT2D eigenvalue weighted by Crippen LogP contribution is 2.16. The van der Waals surface area contributed by atoms with Crippen LogP contribution in [0, 0.1) is 6.92 Å². The van der Waals surface area contributed by atoms with E-state index in [1.54, 1.807) is 6.20 Å². The van der Waals surface area contributed by atoms with Crippen LogP contribution in [0.1, 0.15) is 5.56 Å². The lowest BCUT2D eigenvalue weighted by Crippen LogP contribution is -2.07. The lowest BCUT2D eigenvalue weighted by atomic mass is 10.1. The Morgan fingerprint density at radius 2 is 1.79 bits per heavy atom. The Kier molecular flexibility index (Phi) is 2.19. The average Bonchev–Trinajstić information content (AvgIpc) is 2.23. The van der Waals surface area contributed by atoms with E-state index in [1.807, 2.05) is 43.3 Å². The number of benzene rings is 1. The molecule has 0 atom stereocenters. The number of nitrogens with one attached hydrogen (secondary N) is 1. The summed E-state index contributed by atoms with van der Waals surface area (Å²) in [7, 11) is 0. The van der Waals surface area contributed by atoms with Crippen molar-refractivity contribution in [1.29, 1.82) is 0 Å². The Morgan fingerprint density at radius 3 is 2.43 bits per heavy atom. The van der Waals surface area contributed by atoms with Crippen molar-refractivity contribution in [1.82, 2.24) is 4.98 Å². The quantitative estimate of drug-likeness (QED) is 0.726. The van der Waals surface area contributed by atoms with Crippen molar-refractivity contribution in [2.24, 2.45) is 0 Å². The van der Waals surface area contributed by atoms with Crippen molar-refractivity contribution in [3.05, 3.63) is 58.5 Å². The normalized spacial score (nSPS) is 10.1. The van der Waals surface area contributed by atoms with E-state index in [0.29, 0.717) is 0 Å². The molecule has 1 N–H and O–H groups in total. The van der Waals surface area contributed by atoms with Gasteiger partial charge < -0.3 is 4.98 Å². The Balaban J connectivity index is 2.54. The van der Waals surface area contributed by atoms with E-state index in [-0.39, 0.29) is 5.56 Å². The van der Waals surface area contributed by atoms with Crippen LogP contribution in [0.2, 0.25) is 0 Å². The van der Waals surface area contributed by atoms with E-state index in [4.69, 9.17) is 0 Å². The van der Waals surface area contributed by atoms with Crippen molar-refractivity contribution in [3.8, 4) is 11.1 Å².